The lowest BCUT2D eigenvalue weighted by Gasteiger charge is -2.28. The molecule has 1 heterocycles. The van der Waals surface area contributed by atoms with Gasteiger partial charge in [0.1, 0.15) is 0 Å². The van der Waals surface area contributed by atoms with Crippen LogP contribution in [0.4, 0.5) is 13.6 Å². The minimum Gasteiger partial charge on any atom is -0.333 e. The van der Waals surface area contributed by atoms with Crippen molar-refractivity contribution in [1.82, 2.24) is 15.1 Å². The van der Waals surface area contributed by atoms with Gasteiger partial charge in [0.05, 0.1) is 12.1 Å². The molecule has 0 aromatic heterocycles. The number of urea groups is 1. The summed E-state index contributed by atoms with van der Waals surface area (Å²) in [5.74, 6) is -1.71. The maximum Gasteiger partial charge on any atom is 0.317 e. The summed E-state index contributed by atoms with van der Waals surface area (Å²) in [5, 5.41) is 2.97. The van der Waals surface area contributed by atoms with Gasteiger partial charge in [0.2, 0.25) is 0 Å². The van der Waals surface area contributed by atoms with Gasteiger partial charge in [-0.2, -0.15) is 0 Å². The van der Waals surface area contributed by atoms with E-state index in [-0.39, 0.29) is 18.1 Å². The van der Waals surface area contributed by atoms with Crippen LogP contribution in [0.25, 0.3) is 0 Å². The molecular formula is C15H21F2N3O. The van der Waals surface area contributed by atoms with Gasteiger partial charge in [0.25, 0.3) is 0 Å². The summed E-state index contributed by atoms with van der Waals surface area (Å²) < 4.78 is 26.5. The number of amides is 2. The van der Waals surface area contributed by atoms with E-state index in [4.69, 9.17) is 0 Å². The molecule has 1 aromatic carbocycles. The first kappa shape index (κ1) is 15.7. The Hall–Kier alpha value is -1.69. The first-order chi connectivity index (χ1) is 9.93. The highest BCUT2D eigenvalue weighted by Crippen LogP contribution is 2.31. The van der Waals surface area contributed by atoms with E-state index in [2.05, 4.69) is 5.32 Å². The number of likely N-dealkylation sites (tertiary alicyclic amines) is 1. The summed E-state index contributed by atoms with van der Waals surface area (Å²) in [4.78, 5) is 15.6. The average molecular weight is 297 g/mol. The van der Waals surface area contributed by atoms with Crippen LogP contribution >= 0.6 is 0 Å². The second-order valence-corrected chi connectivity index (χ2v) is 5.46. The Labute approximate surface area is 123 Å². The molecule has 1 N–H and O–H groups in total. The molecule has 0 radical (unpaired) electrons. The molecule has 116 valence electrons. The maximum absolute atomic E-state index is 13.4. The Morgan fingerprint density at radius 3 is 2.76 bits per heavy atom. The molecule has 1 saturated heterocycles. The van der Waals surface area contributed by atoms with Gasteiger partial charge < -0.3 is 10.2 Å². The molecule has 2 amide bonds. The van der Waals surface area contributed by atoms with Crippen LogP contribution in [0.15, 0.2) is 18.2 Å². The number of nitrogens with one attached hydrogen (secondary N) is 1. The van der Waals surface area contributed by atoms with Crippen molar-refractivity contribution in [2.45, 2.75) is 25.4 Å². The number of hydrogen-bond donors (Lipinski definition) is 1. The third-order valence-corrected chi connectivity index (χ3v) is 4.06. The number of rotatable bonds is 3. The molecule has 1 aliphatic heterocycles. The van der Waals surface area contributed by atoms with Crippen LogP contribution in [0.2, 0.25) is 0 Å². The van der Waals surface area contributed by atoms with Crippen molar-refractivity contribution >= 4 is 6.03 Å². The SMILES string of the molecule is CCN(C)C(=O)NC1CCN(C)C1c1ccc(F)c(F)c1. The summed E-state index contributed by atoms with van der Waals surface area (Å²) >= 11 is 0. The number of carbonyl (C=O) groups is 1. The Morgan fingerprint density at radius 1 is 1.43 bits per heavy atom. The van der Waals surface area contributed by atoms with Crippen LogP contribution in [-0.4, -0.2) is 49.1 Å². The van der Waals surface area contributed by atoms with Crippen molar-refractivity contribution in [3.05, 3.63) is 35.4 Å². The fourth-order valence-electron chi connectivity index (χ4n) is 2.69. The Balaban J connectivity index is 2.18. The molecule has 0 saturated carbocycles. The van der Waals surface area contributed by atoms with Crippen molar-refractivity contribution in [3.8, 4) is 0 Å². The third-order valence-electron chi connectivity index (χ3n) is 4.06. The van der Waals surface area contributed by atoms with Crippen molar-refractivity contribution in [3.63, 3.8) is 0 Å². The molecule has 21 heavy (non-hydrogen) atoms. The minimum atomic E-state index is -0.858. The second kappa shape index (κ2) is 6.39. The molecule has 0 spiro atoms. The van der Waals surface area contributed by atoms with E-state index in [1.54, 1.807) is 18.0 Å². The standard InChI is InChI=1S/C15H21F2N3O/c1-4-19(2)15(21)18-13-7-8-20(3)14(13)10-5-6-11(16)12(17)9-10/h5-6,9,13-14H,4,7-8H2,1-3H3,(H,18,21). The molecule has 6 heteroatoms. The first-order valence-corrected chi connectivity index (χ1v) is 7.10. The smallest absolute Gasteiger partial charge is 0.317 e. The van der Waals surface area contributed by atoms with Gasteiger partial charge in [-0.1, -0.05) is 6.07 Å². The summed E-state index contributed by atoms with van der Waals surface area (Å²) in [5.41, 5.74) is 0.679. The molecule has 2 rings (SSSR count). The van der Waals surface area contributed by atoms with Crippen molar-refractivity contribution in [2.75, 3.05) is 27.2 Å². The average Bonchev–Trinajstić information content (AvgIpc) is 2.82. The zero-order valence-electron chi connectivity index (χ0n) is 12.6. The molecule has 2 atom stereocenters. The lowest BCUT2D eigenvalue weighted by atomic mass is 10.00. The normalized spacial score (nSPS) is 22.3. The maximum atomic E-state index is 13.4. The lowest BCUT2D eigenvalue weighted by Crippen LogP contribution is -2.45. The van der Waals surface area contributed by atoms with E-state index in [0.29, 0.717) is 12.1 Å². The number of hydrogen-bond acceptors (Lipinski definition) is 2. The highest BCUT2D eigenvalue weighted by molar-refractivity contribution is 5.74. The Morgan fingerprint density at radius 2 is 2.14 bits per heavy atom. The zero-order valence-corrected chi connectivity index (χ0v) is 12.6. The third kappa shape index (κ3) is 3.32. The van der Waals surface area contributed by atoms with Crippen LogP contribution in [0.5, 0.6) is 0 Å². The largest absolute Gasteiger partial charge is 0.333 e. The molecule has 0 aliphatic carbocycles. The predicted octanol–water partition coefficient (Wildman–Crippen LogP) is 2.37. The first-order valence-electron chi connectivity index (χ1n) is 7.10. The summed E-state index contributed by atoms with van der Waals surface area (Å²) in [7, 11) is 3.64. The van der Waals surface area contributed by atoms with Crippen LogP contribution in [0.3, 0.4) is 0 Å². The van der Waals surface area contributed by atoms with Crippen molar-refractivity contribution in [1.29, 1.82) is 0 Å². The Kier molecular flexibility index (Phi) is 4.77. The molecule has 4 nitrogen and oxygen atoms in total. The van der Waals surface area contributed by atoms with Gasteiger partial charge >= 0.3 is 6.03 Å². The number of halogens is 2. The van der Waals surface area contributed by atoms with E-state index in [9.17, 15) is 13.6 Å². The van der Waals surface area contributed by atoms with E-state index < -0.39 is 11.6 Å². The number of benzene rings is 1. The summed E-state index contributed by atoms with van der Waals surface area (Å²) in [6, 6.07) is 3.52. The molecule has 2 unspecified atom stereocenters. The summed E-state index contributed by atoms with van der Waals surface area (Å²) in [6.45, 7) is 3.31. The van der Waals surface area contributed by atoms with Gasteiger partial charge in [-0.25, -0.2) is 13.6 Å². The van der Waals surface area contributed by atoms with E-state index in [1.807, 2.05) is 18.9 Å². The monoisotopic (exact) mass is 297 g/mol. The van der Waals surface area contributed by atoms with Gasteiger partial charge in [0, 0.05) is 20.1 Å². The van der Waals surface area contributed by atoms with Crippen LogP contribution in [-0.2, 0) is 0 Å². The van der Waals surface area contributed by atoms with Gasteiger partial charge in [-0.05, 0) is 38.1 Å². The van der Waals surface area contributed by atoms with Crippen molar-refractivity contribution in [2.24, 2.45) is 0 Å². The molecule has 1 aliphatic rings. The van der Waals surface area contributed by atoms with Crippen LogP contribution in [0.1, 0.15) is 24.9 Å². The number of nitrogens with zero attached hydrogens (tertiary/aromatic N) is 2. The Bertz CT molecular complexity index is 524. The molecule has 1 aromatic rings. The van der Waals surface area contributed by atoms with Gasteiger partial charge in [0.15, 0.2) is 11.6 Å². The summed E-state index contributed by atoms with van der Waals surface area (Å²) in [6.07, 6.45) is 0.781. The molecule has 0 bridgehead atoms. The van der Waals surface area contributed by atoms with Crippen LogP contribution in [0, 0.1) is 11.6 Å². The predicted molar refractivity (Wildman–Crippen MR) is 77.0 cm³/mol. The second-order valence-electron chi connectivity index (χ2n) is 5.46. The van der Waals surface area contributed by atoms with Crippen LogP contribution < -0.4 is 5.32 Å². The van der Waals surface area contributed by atoms with E-state index >= 15 is 0 Å². The quantitative estimate of drug-likeness (QED) is 0.929. The lowest BCUT2D eigenvalue weighted by molar-refractivity contribution is 0.201. The number of carbonyl (C=O) groups excluding carboxylic acids is 1. The minimum absolute atomic E-state index is 0.110. The van der Waals surface area contributed by atoms with E-state index in [1.165, 1.54) is 6.07 Å². The highest BCUT2D eigenvalue weighted by Gasteiger charge is 2.34. The molecule has 1 fully saturated rings. The molecular weight excluding hydrogens is 276 g/mol. The van der Waals surface area contributed by atoms with E-state index in [0.717, 1.165) is 19.0 Å². The fourth-order valence-corrected chi connectivity index (χ4v) is 2.69. The highest BCUT2D eigenvalue weighted by atomic mass is 19.2. The van der Waals surface area contributed by atoms with Gasteiger partial charge in [-0.15, -0.1) is 0 Å². The zero-order chi connectivity index (χ0) is 15.6. The number of likely N-dealkylation sites (N-methyl/N-ethyl adjacent to an activating group) is 1. The van der Waals surface area contributed by atoms with Gasteiger partial charge in [-0.3, -0.25) is 4.90 Å². The van der Waals surface area contributed by atoms with Crippen molar-refractivity contribution < 1.29 is 13.6 Å². The fraction of sp³-hybridized carbons (Fsp3) is 0.533. The topological polar surface area (TPSA) is 35.6 Å².